The van der Waals surface area contributed by atoms with E-state index in [2.05, 4.69) is 10.6 Å². The van der Waals surface area contributed by atoms with Gasteiger partial charge in [0, 0.05) is 17.4 Å². The van der Waals surface area contributed by atoms with Crippen molar-refractivity contribution in [1.82, 2.24) is 10.6 Å². The van der Waals surface area contributed by atoms with Gasteiger partial charge in [-0.2, -0.15) is 0 Å². The molecule has 3 amide bonds. The highest BCUT2D eigenvalue weighted by molar-refractivity contribution is 8.00. The first-order valence-electron chi connectivity index (χ1n) is 9.29. The fraction of sp³-hybridized carbons (Fsp3) is 0.579. The lowest BCUT2D eigenvalue weighted by Crippen LogP contribution is -2.47. The van der Waals surface area contributed by atoms with E-state index in [-0.39, 0.29) is 11.9 Å². The van der Waals surface area contributed by atoms with Crippen molar-refractivity contribution in [3.05, 3.63) is 18.2 Å². The summed E-state index contributed by atoms with van der Waals surface area (Å²) in [6.07, 6.45) is 6.32. The fourth-order valence-electron chi connectivity index (χ4n) is 3.16. The summed E-state index contributed by atoms with van der Waals surface area (Å²) in [7, 11) is 0. The Morgan fingerprint density at radius 2 is 1.81 bits per heavy atom. The van der Waals surface area contributed by atoms with Gasteiger partial charge in [0.15, 0.2) is 11.5 Å². The minimum atomic E-state index is -0.395. The largest absolute Gasteiger partial charge is 0.490 e. The van der Waals surface area contributed by atoms with Gasteiger partial charge in [-0.25, -0.2) is 4.79 Å². The number of fused-ring (bicyclic) bond motifs is 1. The van der Waals surface area contributed by atoms with Gasteiger partial charge in [0.1, 0.15) is 0 Å². The molecule has 1 aliphatic carbocycles. The first kappa shape index (κ1) is 18.9. The Bertz CT molecular complexity index is 646. The molecule has 0 radical (unpaired) electrons. The molecule has 1 heterocycles. The lowest BCUT2D eigenvalue weighted by atomic mass is 9.96. The summed E-state index contributed by atoms with van der Waals surface area (Å²) >= 11 is 1.39. The summed E-state index contributed by atoms with van der Waals surface area (Å²) < 4.78 is 11.3. The highest BCUT2D eigenvalue weighted by Crippen LogP contribution is 2.35. The highest BCUT2D eigenvalue weighted by Gasteiger charge is 2.21. The topological polar surface area (TPSA) is 76.7 Å². The van der Waals surface area contributed by atoms with E-state index < -0.39 is 11.3 Å². The minimum Gasteiger partial charge on any atom is -0.490 e. The maximum atomic E-state index is 12.3. The van der Waals surface area contributed by atoms with Crippen molar-refractivity contribution in [3.63, 3.8) is 0 Å². The van der Waals surface area contributed by atoms with Crippen molar-refractivity contribution in [2.75, 3.05) is 13.2 Å². The normalized spacial score (nSPS) is 18.5. The van der Waals surface area contributed by atoms with Crippen molar-refractivity contribution in [1.29, 1.82) is 0 Å². The smallest absolute Gasteiger partial charge is 0.321 e. The molecule has 26 heavy (non-hydrogen) atoms. The van der Waals surface area contributed by atoms with Gasteiger partial charge in [0.2, 0.25) is 5.91 Å². The van der Waals surface area contributed by atoms with Crippen LogP contribution in [0.2, 0.25) is 0 Å². The summed E-state index contributed by atoms with van der Waals surface area (Å²) in [5.74, 6) is 1.14. The van der Waals surface area contributed by atoms with Crippen LogP contribution in [0, 0.1) is 0 Å². The van der Waals surface area contributed by atoms with Crippen LogP contribution in [0.1, 0.15) is 45.4 Å². The number of benzene rings is 1. The number of carbonyl (C=O) groups excluding carboxylic acids is 2. The number of hydrogen-bond donors (Lipinski definition) is 2. The van der Waals surface area contributed by atoms with Crippen LogP contribution >= 0.6 is 11.8 Å². The fourth-order valence-corrected chi connectivity index (χ4v) is 4.05. The second kappa shape index (κ2) is 9.16. The van der Waals surface area contributed by atoms with E-state index >= 15 is 0 Å². The van der Waals surface area contributed by atoms with Crippen LogP contribution in [-0.4, -0.2) is 36.4 Å². The van der Waals surface area contributed by atoms with E-state index in [0.29, 0.717) is 19.0 Å². The average Bonchev–Trinajstić information content (AvgIpc) is 2.87. The molecule has 142 valence electrons. The maximum absolute atomic E-state index is 12.3. The Morgan fingerprint density at radius 3 is 2.58 bits per heavy atom. The molecule has 1 fully saturated rings. The Kier molecular flexibility index (Phi) is 6.66. The SMILES string of the molecule is C[C@H](Sc1ccc2c(c1)OCCCO2)C(=O)NC(=O)NC1CCCCC1. The van der Waals surface area contributed by atoms with Crippen molar-refractivity contribution < 1.29 is 19.1 Å². The zero-order chi connectivity index (χ0) is 18.4. The van der Waals surface area contributed by atoms with Crippen molar-refractivity contribution >= 4 is 23.7 Å². The van der Waals surface area contributed by atoms with Crippen LogP contribution in [0.5, 0.6) is 11.5 Å². The quantitative estimate of drug-likeness (QED) is 0.785. The number of nitrogens with one attached hydrogen (secondary N) is 2. The van der Waals surface area contributed by atoms with Gasteiger partial charge in [0.25, 0.3) is 0 Å². The molecule has 1 saturated carbocycles. The van der Waals surface area contributed by atoms with Gasteiger partial charge in [-0.05, 0) is 38.0 Å². The number of rotatable bonds is 4. The molecular formula is C19H26N2O4S. The lowest BCUT2D eigenvalue weighted by molar-refractivity contribution is -0.119. The Balaban J connectivity index is 1.50. The second-order valence-electron chi connectivity index (χ2n) is 6.72. The van der Waals surface area contributed by atoms with Crippen LogP contribution < -0.4 is 20.1 Å². The number of amides is 3. The number of imide groups is 1. The first-order valence-corrected chi connectivity index (χ1v) is 10.2. The molecule has 0 unspecified atom stereocenters. The minimum absolute atomic E-state index is 0.182. The molecule has 0 spiro atoms. The van der Waals surface area contributed by atoms with Gasteiger partial charge < -0.3 is 14.8 Å². The van der Waals surface area contributed by atoms with Gasteiger partial charge in [0.05, 0.1) is 18.5 Å². The Morgan fingerprint density at radius 1 is 1.08 bits per heavy atom. The van der Waals surface area contributed by atoms with Gasteiger partial charge in [-0.3, -0.25) is 10.1 Å². The Labute approximate surface area is 158 Å². The third-order valence-electron chi connectivity index (χ3n) is 4.58. The van der Waals surface area contributed by atoms with E-state index in [0.717, 1.165) is 42.7 Å². The van der Waals surface area contributed by atoms with Crippen LogP contribution in [-0.2, 0) is 4.79 Å². The third kappa shape index (κ3) is 5.30. The van der Waals surface area contributed by atoms with Gasteiger partial charge in [-0.1, -0.05) is 19.3 Å². The molecule has 2 N–H and O–H groups in total. The van der Waals surface area contributed by atoms with Crippen LogP contribution in [0.15, 0.2) is 23.1 Å². The number of ether oxygens (including phenoxy) is 2. The molecule has 1 aliphatic heterocycles. The molecule has 3 rings (SSSR count). The summed E-state index contributed by atoms with van der Waals surface area (Å²) in [5.41, 5.74) is 0. The van der Waals surface area contributed by atoms with Crippen LogP contribution in [0.4, 0.5) is 4.79 Å². The van der Waals surface area contributed by atoms with E-state index in [4.69, 9.17) is 9.47 Å². The molecular weight excluding hydrogens is 352 g/mol. The number of urea groups is 1. The van der Waals surface area contributed by atoms with E-state index in [1.807, 2.05) is 18.2 Å². The molecule has 2 aliphatic rings. The molecule has 0 aromatic heterocycles. The lowest BCUT2D eigenvalue weighted by Gasteiger charge is -2.23. The summed E-state index contributed by atoms with van der Waals surface area (Å²) in [5, 5.41) is 4.96. The van der Waals surface area contributed by atoms with Crippen molar-refractivity contribution in [2.45, 2.75) is 61.6 Å². The monoisotopic (exact) mass is 378 g/mol. The molecule has 1 aromatic rings. The molecule has 0 saturated heterocycles. The molecule has 1 atom stereocenters. The average molecular weight is 378 g/mol. The second-order valence-corrected chi connectivity index (χ2v) is 8.13. The predicted molar refractivity (Wildman–Crippen MR) is 101 cm³/mol. The summed E-state index contributed by atoms with van der Waals surface area (Å²) in [6, 6.07) is 5.44. The molecule has 6 nitrogen and oxygen atoms in total. The molecule has 1 aromatic carbocycles. The number of hydrogen-bond acceptors (Lipinski definition) is 5. The highest BCUT2D eigenvalue weighted by atomic mass is 32.2. The van der Waals surface area contributed by atoms with Gasteiger partial charge in [-0.15, -0.1) is 11.8 Å². The molecule has 7 heteroatoms. The van der Waals surface area contributed by atoms with Crippen molar-refractivity contribution in [3.8, 4) is 11.5 Å². The number of thioether (sulfide) groups is 1. The first-order chi connectivity index (χ1) is 12.6. The number of carbonyl (C=O) groups is 2. The van der Waals surface area contributed by atoms with E-state index in [9.17, 15) is 9.59 Å². The maximum Gasteiger partial charge on any atom is 0.321 e. The van der Waals surface area contributed by atoms with Crippen LogP contribution in [0.25, 0.3) is 0 Å². The van der Waals surface area contributed by atoms with Gasteiger partial charge >= 0.3 is 6.03 Å². The predicted octanol–water partition coefficient (Wildman–Crippen LogP) is 3.49. The molecule has 0 bridgehead atoms. The summed E-state index contributed by atoms with van der Waals surface area (Å²) in [4.78, 5) is 25.2. The van der Waals surface area contributed by atoms with Crippen molar-refractivity contribution in [2.24, 2.45) is 0 Å². The standard InChI is InChI=1S/C19H26N2O4S/c1-13(18(22)21-19(23)20-14-6-3-2-4-7-14)26-15-8-9-16-17(12-15)25-11-5-10-24-16/h8-9,12-14H,2-7,10-11H2,1H3,(H2,20,21,22,23)/t13-/m0/s1. The van der Waals surface area contributed by atoms with Crippen LogP contribution in [0.3, 0.4) is 0 Å². The summed E-state index contributed by atoms with van der Waals surface area (Å²) in [6.45, 7) is 3.06. The zero-order valence-corrected chi connectivity index (χ0v) is 15.9. The zero-order valence-electron chi connectivity index (χ0n) is 15.1. The van der Waals surface area contributed by atoms with E-state index in [1.165, 1.54) is 18.2 Å². The Hall–Kier alpha value is -1.89. The van der Waals surface area contributed by atoms with E-state index in [1.54, 1.807) is 6.92 Å². The third-order valence-corrected chi connectivity index (χ3v) is 5.67.